The average Bonchev–Trinajstić information content (AvgIpc) is 3.08. The summed E-state index contributed by atoms with van der Waals surface area (Å²) in [7, 11) is 0. The Labute approximate surface area is 157 Å². The molecule has 0 bridgehead atoms. The fraction of sp³-hybridized carbons (Fsp3) is 0.636. The highest BCUT2D eigenvalue weighted by molar-refractivity contribution is 5.98. The van der Waals surface area contributed by atoms with Crippen LogP contribution in [-0.4, -0.2) is 29.8 Å². The van der Waals surface area contributed by atoms with Crippen molar-refractivity contribution in [2.24, 2.45) is 17.8 Å². The molecule has 2 amide bonds. The Bertz CT molecular complexity index is 654. The van der Waals surface area contributed by atoms with Gasteiger partial charge in [0.1, 0.15) is 0 Å². The maximum Gasteiger partial charge on any atom is 0.253 e. The quantitative estimate of drug-likeness (QED) is 0.855. The van der Waals surface area contributed by atoms with Gasteiger partial charge in [-0.15, -0.1) is 0 Å². The lowest BCUT2D eigenvalue weighted by Crippen LogP contribution is -2.42. The zero-order valence-corrected chi connectivity index (χ0v) is 16.4. The van der Waals surface area contributed by atoms with Crippen LogP contribution < -0.4 is 5.32 Å². The van der Waals surface area contributed by atoms with Crippen molar-refractivity contribution in [3.8, 4) is 0 Å². The minimum Gasteiger partial charge on any atom is -0.338 e. The number of nitrogens with zero attached hydrogens (tertiary/aromatic N) is 1. The first kappa shape index (κ1) is 18.9. The molecule has 1 N–H and O–H groups in total. The average molecular weight is 357 g/mol. The van der Waals surface area contributed by atoms with E-state index in [0.29, 0.717) is 29.7 Å². The number of rotatable bonds is 4. The van der Waals surface area contributed by atoms with Gasteiger partial charge in [0.15, 0.2) is 0 Å². The number of nitrogens with one attached hydrogen (secondary N) is 1. The molecule has 1 aliphatic heterocycles. The summed E-state index contributed by atoms with van der Waals surface area (Å²) < 4.78 is 0. The van der Waals surface area contributed by atoms with Crippen LogP contribution in [0.25, 0.3) is 0 Å². The van der Waals surface area contributed by atoms with Gasteiger partial charge in [0, 0.05) is 30.8 Å². The molecule has 2 atom stereocenters. The van der Waals surface area contributed by atoms with Gasteiger partial charge in [-0.05, 0) is 61.6 Å². The molecule has 4 nitrogen and oxygen atoms in total. The van der Waals surface area contributed by atoms with Crippen LogP contribution in [0.5, 0.6) is 0 Å². The van der Waals surface area contributed by atoms with Crippen molar-refractivity contribution in [1.29, 1.82) is 0 Å². The van der Waals surface area contributed by atoms with Crippen molar-refractivity contribution in [2.45, 2.75) is 59.3 Å². The first-order valence-corrected chi connectivity index (χ1v) is 10.1. The standard InChI is InChI=1S/C22H32N2O2/c1-15-10-16(2)14-24(13-15)22(26)19-9-8-17(3)20(12-19)23-21(25)11-18-6-4-5-7-18/h8-9,12,15-16,18H,4-7,10-11,13-14H2,1-3H3,(H,23,25). The van der Waals surface area contributed by atoms with E-state index in [2.05, 4.69) is 19.2 Å². The first-order chi connectivity index (χ1) is 12.4. The number of aryl methyl sites for hydroxylation is 1. The van der Waals surface area contributed by atoms with Crippen LogP contribution in [0.15, 0.2) is 18.2 Å². The van der Waals surface area contributed by atoms with Gasteiger partial charge in [-0.1, -0.05) is 32.8 Å². The molecule has 1 saturated carbocycles. The zero-order valence-electron chi connectivity index (χ0n) is 16.4. The summed E-state index contributed by atoms with van der Waals surface area (Å²) in [5.74, 6) is 1.76. The van der Waals surface area contributed by atoms with E-state index >= 15 is 0 Å². The number of piperidine rings is 1. The topological polar surface area (TPSA) is 49.4 Å². The molecule has 4 heteroatoms. The number of likely N-dealkylation sites (tertiary alicyclic amines) is 1. The highest BCUT2D eigenvalue weighted by Crippen LogP contribution is 2.28. The molecule has 1 saturated heterocycles. The van der Waals surface area contributed by atoms with E-state index in [4.69, 9.17) is 0 Å². The summed E-state index contributed by atoms with van der Waals surface area (Å²) in [5.41, 5.74) is 2.45. The molecule has 2 unspecified atom stereocenters. The van der Waals surface area contributed by atoms with Crippen LogP contribution in [0.4, 0.5) is 5.69 Å². The number of anilines is 1. The van der Waals surface area contributed by atoms with Crippen molar-refractivity contribution in [2.75, 3.05) is 18.4 Å². The third-order valence-electron chi connectivity index (χ3n) is 5.86. The fourth-order valence-corrected chi connectivity index (χ4v) is 4.58. The molecular formula is C22H32N2O2. The summed E-state index contributed by atoms with van der Waals surface area (Å²) >= 11 is 0. The Morgan fingerprint density at radius 2 is 1.77 bits per heavy atom. The smallest absolute Gasteiger partial charge is 0.253 e. The lowest BCUT2D eigenvalue weighted by atomic mass is 9.91. The molecule has 1 aromatic rings. The third-order valence-corrected chi connectivity index (χ3v) is 5.86. The number of amides is 2. The molecule has 0 spiro atoms. The number of hydrogen-bond donors (Lipinski definition) is 1. The van der Waals surface area contributed by atoms with E-state index in [-0.39, 0.29) is 11.8 Å². The first-order valence-electron chi connectivity index (χ1n) is 10.1. The van der Waals surface area contributed by atoms with Crippen LogP contribution >= 0.6 is 0 Å². The molecule has 142 valence electrons. The van der Waals surface area contributed by atoms with Crippen molar-refractivity contribution in [1.82, 2.24) is 4.90 Å². The minimum atomic E-state index is 0.0739. The van der Waals surface area contributed by atoms with E-state index in [1.807, 2.05) is 30.0 Å². The Morgan fingerprint density at radius 1 is 1.12 bits per heavy atom. The van der Waals surface area contributed by atoms with Gasteiger partial charge in [-0.25, -0.2) is 0 Å². The van der Waals surface area contributed by atoms with E-state index in [9.17, 15) is 9.59 Å². The molecule has 2 aliphatic rings. The zero-order chi connectivity index (χ0) is 18.7. The summed E-state index contributed by atoms with van der Waals surface area (Å²) in [5, 5.41) is 3.04. The second kappa shape index (κ2) is 8.24. The number of carbonyl (C=O) groups excluding carboxylic acids is 2. The molecule has 1 heterocycles. The van der Waals surface area contributed by atoms with Gasteiger partial charge in [-0.2, -0.15) is 0 Å². The molecule has 26 heavy (non-hydrogen) atoms. The van der Waals surface area contributed by atoms with Gasteiger partial charge in [0.2, 0.25) is 5.91 Å². The SMILES string of the molecule is Cc1ccc(C(=O)N2CC(C)CC(C)C2)cc1NC(=O)CC1CCCC1. The third kappa shape index (κ3) is 4.66. The van der Waals surface area contributed by atoms with Crippen LogP contribution in [0.3, 0.4) is 0 Å². The Kier molecular flexibility index (Phi) is 6.00. The van der Waals surface area contributed by atoms with Crippen LogP contribution in [0, 0.1) is 24.7 Å². The normalized spacial score (nSPS) is 23.9. The number of benzene rings is 1. The molecule has 1 aromatic carbocycles. The van der Waals surface area contributed by atoms with Gasteiger partial charge in [0.05, 0.1) is 0 Å². The van der Waals surface area contributed by atoms with E-state index in [0.717, 1.165) is 37.2 Å². The lowest BCUT2D eigenvalue weighted by Gasteiger charge is -2.35. The molecular weight excluding hydrogens is 324 g/mol. The highest BCUT2D eigenvalue weighted by atomic mass is 16.2. The van der Waals surface area contributed by atoms with Crippen molar-refractivity contribution in [3.63, 3.8) is 0 Å². The van der Waals surface area contributed by atoms with Gasteiger partial charge < -0.3 is 10.2 Å². The number of carbonyl (C=O) groups is 2. The molecule has 0 aromatic heterocycles. The van der Waals surface area contributed by atoms with Crippen LogP contribution in [0.1, 0.15) is 68.3 Å². The minimum absolute atomic E-state index is 0.0739. The predicted molar refractivity (Wildman–Crippen MR) is 105 cm³/mol. The molecule has 2 fully saturated rings. The monoisotopic (exact) mass is 356 g/mol. The number of hydrogen-bond acceptors (Lipinski definition) is 2. The van der Waals surface area contributed by atoms with Crippen molar-refractivity contribution in [3.05, 3.63) is 29.3 Å². The maximum absolute atomic E-state index is 12.9. The Balaban J connectivity index is 1.68. The molecule has 1 aliphatic carbocycles. The Hall–Kier alpha value is -1.84. The van der Waals surface area contributed by atoms with Crippen LogP contribution in [-0.2, 0) is 4.79 Å². The summed E-state index contributed by atoms with van der Waals surface area (Å²) in [4.78, 5) is 27.3. The maximum atomic E-state index is 12.9. The predicted octanol–water partition coefficient (Wildman–Crippen LogP) is 4.63. The van der Waals surface area contributed by atoms with Crippen LogP contribution in [0.2, 0.25) is 0 Å². The fourth-order valence-electron chi connectivity index (χ4n) is 4.58. The van der Waals surface area contributed by atoms with Crippen molar-refractivity contribution < 1.29 is 9.59 Å². The largest absolute Gasteiger partial charge is 0.338 e. The van der Waals surface area contributed by atoms with Gasteiger partial charge in [-0.3, -0.25) is 9.59 Å². The Morgan fingerprint density at radius 3 is 2.42 bits per heavy atom. The summed E-state index contributed by atoms with van der Waals surface area (Å²) in [6.45, 7) is 8.03. The van der Waals surface area contributed by atoms with E-state index < -0.39 is 0 Å². The molecule has 3 rings (SSSR count). The van der Waals surface area contributed by atoms with E-state index in [1.54, 1.807) is 0 Å². The second-order valence-electron chi connectivity index (χ2n) is 8.59. The lowest BCUT2D eigenvalue weighted by molar-refractivity contribution is -0.117. The summed E-state index contributed by atoms with van der Waals surface area (Å²) in [6.07, 6.45) is 6.59. The van der Waals surface area contributed by atoms with E-state index in [1.165, 1.54) is 19.3 Å². The summed E-state index contributed by atoms with van der Waals surface area (Å²) in [6, 6.07) is 5.68. The van der Waals surface area contributed by atoms with Gasteiger partial charge in [0.25, 0.3) is 5.91 Å². The second-order valence-corrected chi connectivity index (χ2v) is 8.59. The molecule has 0 radical (unpaired) electrons. The highest BCUT2D eigenvalue weighted by Gasteiger charge is 2.26. The van der Waals surface area contributed by atoms with Gasteiger partial charge >= 0.3 is 0 Å². The van der Waals surface area contributed by atoms with Crippen molar-refractivity contribution >= 4 is 17.5 Å².